The summed E-state index contributed by atoms with van der Waals surface area (Å²) in [4.78, 5) is 1.47. The van der Waals surface area contributed by atoms with Crippen molar-refractivity contribution in [1.29, 1.82) is 0 Å². The van der Waals surface area contributed by atoms with E-state index in [1.54, 1.807) is 6.07 Å². The van der Waals surface area contributed by atoms with Crippen molar-refractivity contribution in [3.8, 4) is 5.75 Å². The third kappa shape index (κ3) is 5.34. The fraction of sp³-hybridized carbons (Fsp3) is 0.333. The molecule has 12 heteroatoms. The molecule has 0 saturated carbocycles. The minimum absolute atomic E-state index is 0.0445. The van der Waals surface area contributed by atoms with Crippen LogP contribution in [0.2, 0.25) is 10.0 Å². The Kier molecular flexibility index (Phi) is 6.83. The number of likely N-dealkylation sites (N-methyl/N-ethyl adjacent to an activating group) is 1. The van der Waals surface area contributed by atoms with Gasteiger partial charge in [0.2, 0.25) is 0 Å². The molecule has 0 radical (unpaired) electrons. The normalized spacial score (nSPS) is 17.9. The fourth-order valence-electron chi connectivity index (χ4n) is 3.01. The summed E-state index contributed by atoms with van der Waals surface area (Å²) >= 11 is 15.0. The van der Waals surface area contributed by atoms with Gasteiger partial charge in [-0.2, -0.15) is 13.2 Å². The van der Waals surface area contributed by atoms with Gasteiger partial charge in [0.15, 0.2) is 0 Å². The van der Waals surface area contributed by atoms with Gasteiger partial charge in [-0.15, -0.1) is 0 Å². The van der Waals surface area contributed by atoms with Gasteiger partial charge in [-0.3, -0.25) is 4.72 Å². The number of hydrogen-bond acceptors (Lipinski definition) is 4. The summed E-state index contributed by atoms with van der Waals surface area (Å²) < 4.78 is 73.1. The lowest BCUT2D eigenvalue weighted by Gasteiger charge is -2.17. The smallest absolute Gasteiger partial charge is 0.416 e. The van der Waals surface area contributed by atoms with E-state index in [9.17, 15) is 21.6 Å². The molecule has 1 fully saturated rings. The van der Waals surface area contributed by atoms with Gasteiger partial charge < -0.3 is 9.64 Å². The summed E-state index contributed by atoms with van der Waals surface area (Å²) in [5.41, 5.74) is -0.996. The highest BCUT2D eigenvalue weighted by Crippen LogP contribution is 2.39. The number of hydrogen-bond donors (Lipinski definition) is 1. The molecular weight excluding hydrogens is 532 g/mol. The van der Waals surface area contributed by atoms with Crippen LogP contribution in [0.25, 0.3) is 0 Å². The van der Waals surface area contributed by atoms with Crippen LogP contribution in [-0.4, -0.2) is 39.6 Å². The van der Waals surface area contributed by atoms with E-state index in [4.69, 9.17) is 27.9 Å². The van der Waals surface area contributed by atoms with Crippen LogP contribution in [0.1, 0.15) is 12.0 Å². The van der Waals surface area contributed by atoms with Crippen LogP contribution in [0.4, 0.5) is 18.9 Å². The lowest BCUT2D eigenvalue weighted by atomic mass is 10.2. The van der Waals surface area contributed by atoms with Crippen molar-refractivity contribution >= 4 is 54.8 Å². The molecule has 164 valence electrons. The first kappa shape index (κ1) is 23.5. The van der Waals surface area contributed by atoms with Gasteiger partial charge in [0.1, 0.15) is 16.7 Å². The first-order valence-corrected chi connectivity index (χ1v) is 11.6. The Balaban J connectivity index is 1.88. The molecule has 1 aliphatic rings. The van der Waals surface area contributed by atoms with Crippen molar-refractivity contribution in [2.75, 3.05) is 24.9 Å². The van der Waals surface area contributed by atoms with Gasteiger partial charge in [0.05, 0.1) is 25.8 Å². The van der Waals surface area contributed by atoms with E-state index >= 15 is 0 Å². The first-order valence-electron chi connectivity index (χ1n) is 8.60. The molecule has 30 heavy (non-hydrogen) atoms. The zero-order chi connectivity index (χ0) is 22.3. The molecule has 0 amide bonds. The Morgan fingerprint density at radius 1 is 1.20 bits per heavy atom. The number of rotatable bonds is 5. The standard InChI is InChI=1S/C18H16BrCl2F3N2O3S/c1-26-5-4-12(9-26)29-16-8-11(2-3-13(16)19)25-30(27,28)17-14(20)6-10(7-15(17)21)18(22,23)24/h2-3,6-8,12,25H,4-5,9H2,1H3/t12-/m1/s1. The summed E-state index contributed by atoms with van der Waals surface area (Å²) in [5.74, 6) is 0.431. The molecule has 2 aromatic carbocycles. The molecule has 1 saturated heterocycles. The molecule has 3 rings (SSSR count). The number of likely N-dealkylation sites (tertiary alicyclic amines) is 1. The molecule has 5 nitrogen and oxygen atoms in total. The number of sulfonamides is 1. The first-order chi connectivity index (χ1) is 13.9. The second-order valence-corrected chi connectivity index (χ2v) is 10.1. The Morgan fingerprint density at radius 3 is 2.37 bits per heavy atom. The second-order valence-electron chi connectivity index (χ2n) is 6.81. The Labute approximate surface area is 190 Å². The van der Waals surface area contributed by atoms with Gasteiger partial charge in [-0.1, -0.05) is 23.2 Å². The van der Waals surface area contributed by atoms with Gasteiger partial charge in [0, 0.05) is 19.2 Å². The van der Waals surface area contributed by atoms with Crippen LogP contribution >= 0.6 is 39.1 Å². The molecule has 0 spiro atoms. The van der Waals surface area contributed by atoms with E-state index in [2.05, 4.69) is 25.6 Å². The van der Waals surface area contributed by atoms with Crippen LogP contribution in [0, 0.1) is 0 Å². The molecular formula is C18H16BrCl2F3N2O3S. The van der Waals surface area contributed by atoms with Crippen molar-refractivity contribution in [3.05, 3.63) is 50.4 Å². The molecule has 2 aromatic rings. The van der Waals surface area contributed by atoms with Crippen molar-refractivity contribution < 1.29 is 26.3 Å². The highest BCUT2D eigenvalue weighted by Gasteiger charge is 2.34. The summed E-state index contributed by atoms with van der Waals surface area (Å²) in [7, 11) is -2.39. The Hall–Kier alpha value is -1.20. The minimum Gasteiger partial charge on any atom is -0.488 e. The molecule has 1 N–H and O–H groups in total. The maximum Gasteiger partial charge on any atom is 0.416 e. The summed E-state index contributed by atoms with van der Waals surface area (Å²) in [6.45, 7) is 1.62. The van der Waals surface area contributed by atoms with E-state index in [0.29, 0.717) is 22.4 Å². The SMILES string of the molecule is CN1CC[C@@H](Oc2cc(NS(=O)(=O)c3c(Cl)cc(C(F)(F)F)cc3Cl)ccc2Br)C1. The predicted octanol–water partition coefficient (Wildman–Crippen LogP) is 5.66. The third-order valence-electron chi connectivity index (χ3n) is 4.42. The minimum atomic E-state index is -4.71. The van der Waals surface area contributed by atoms with Crippen LogP contribution in [0.15, 0.2) is 39.7 Å². The number of nitrogens with one attached hydrogen (secondary N) is 1. The van der Waals surface area contributed by atoms with Crippen molar-refractivity contribution in [3.63, 3.8) is 0 Å². The van der Waals surface area contributed by atoms with Crippen LogP contribution in [0.5, 0.6) is 5.75 Å². The second kappa shape index (κ2) is 8.74. The number of alkyl halides is 3. The zero-order valence-corrected chi connectivity index (χ0v) is 19.3. The van der Waals surface area contributed by atoms with E-state index < -0.39 is 36.7 Å². The summed E-state index contributed by atoms with van der Waals surface area (Å²) in [6.07, 6.45) is -3.93. The molecule has 0 unspecified atom stereocenters. The van der Waals surface area contributed by atoms with Crippen molar-refractivity contribution in [2.24, 2.45) is 0 Å². The molecule has 0 aliphatic carbocycles. The lowest BCUT2D eigenvalue weighted by molar-refractivity contribution is -0.137. The molecule has 0 aromatic heterocycles. The van der Waals surface area contributed by atoms with Gasteiger partial charge in [0.25, 0.3) is 10.0 Å². The number of ether oxygens (including phenoxy) is 1. The van der Waals surface area contributed by atoms with Crippen molar-refractivity contribution in [1.82, 2.24) is 4.90 Å². The largest absolute Gasteiger partial charge is 0.488 e. The van der Waals surface area contributed by atoms with E-state index in [-0.39, 0.29) is 11.8 Å². The Bertz CT molecular complexity index is 1040. The molecule has 1 aliphatic heterocycles. The lowest BCUT2D eigenvalue weighted by Crippen LogP contribution is -2.21. The number of halogens is 6. The quantitative estimate of drug-likeness (QED) is 0.525. The summed E-state index contributed by atoms with van der Waals surface area (Å²) in [5, 5.41) is -1.27. The summed E-state index contributed by atoms with van der Waals surface area (Å²) in [6, 6.07) is 5.60. The molecule has 0 bridgehead atoms. The monoisotopic (exact) mass is 546 g/mol. The zero-order valence-electron chi connectivity index (χ0n) is 15.4. The number of nitrogens with zero attached hydrogens (tertiary/aromatic N) is 1. The fourth-order valence-corrected chi connectivity index (χ4v) is 5.62. The van der Waals surface area contributed by atoms with E-state index in [1.165, 1.54) is 12.1 Å². The van der Waals surface area contributed by atoms with Crippen LogP contribution < -0.4 is 9.46 Å². The van der Waals surface area contributed by atoms with Gasteiger partial charge in [-0.05, 0) is 53.7 Å². The topological polar surface area (TPSA) is 58.6 Å². The van der Waals surface area contributed by atoms with Crippen LogP contribution in [-0.2, 0) is 16.2 Å². The highest BCUT2D eigenvalue weighted by atomic mass is 79.9. The van der Waals surface area contributed by atoms with E-state index in [0.717, 1.165) is 19.5 Å². The van der Waals surface area contributed by atoms with E-state index in [1.807, 2.05) is 7.05 Å². The average molecular weight is 548 g/mol. The molecule has 1 atom stereocenters. The molecule has 1 heterocycles. The highest BCUT2D eigenvalue weighted by molar-refractivity contribution is 9.10. The Morgan fingerprint density at radius 2 is 1.83 bits per heavy atom. The maximum atomic E-state index is 12.9. The number of anilines is 1. The average Bonchev–Trinajstić information content (AvgIpc) is 3.01. The predicted molar refractivity (Wildman–Crippen MR) is 113 cm³/mol. The van der Waals surface area contributed by atoms with Gasteiger partial charge in [-0.25, -0.2) is 8.42 Å². The maximum absolute atomic E-state index is 12.9. The number of benzene rings is 2. The van der Waals surface area contributed by atoms with Gasteiger partial charge >= 0.3 is 6.18 Å². The van der Waals surface area contributed by atoms with Crippen molar-refractivity contribution in [2.45, 2.75) is 23.6 Å². The third-order valence-corrected chi connectivity index (χ3v) is 7.38. The van der Waals surface area contributed by atoms with Crippen LogP contribution in [0.3, 0.4) is 0 Å².